The second-order valence-corrected chi connectivity index (χ2v) is 4.53. The van der Waals surface area contributed by atoms with E-state index < -0.39 is 0 Å². The highest BCUT2D eigenvalue weighted by atomic mass is 16.1. The fraction of sp³-hybridized carbons (Fsp3) is 0.462. The Morgan fingerprint density at radius 3 is 3.07 bits per heavy atom. The SMILES string of the molecule is O=C1CCC2=C3C=CC=CC3CCC2N1. The number of amides is 1. The van der Waals surface area contributed by atoms with Crippen LogP contribution in [0.5, 0.6) is 0 Å². The average molecular weight is 201 g/mol. The van der Waals surface area contributed by atoms with Gasteiger partial charge >= 0.3 is 0 Å². The van der Waals surface area contributed by atoms with Gasteiger partial charge in [-0.25, -0.2) is 0 Å². The highest BCUT2D eigenvalue weighted by Gasteiger charge is 2.31. The van der Waals surface area contributed by atoms with Gasteiger partial charge in [-0.2, -0.15) is 0 Å². The summed E-state index contributed by atoms with van der Waals surface area (Å²) in [4.78, 5) is 11.3. The predicted octanol–water partition coefficient (Wildman–Crippen LogP) is 2.10. The third-order valence-electron chi connectivity index (χ3n) is 3.64. The molecule has 15 heavy (non-hydrogen) atoms. The van der Waals surface area contributed by atoms with Gasteiger partial charge in [-0.05, 0) is 30.4 Å². The van der Waals surface area contributed by atoms with Crippen molar-refractivity contribution in [3.8, 4) is 0 Å². The van der Waals surface area contributed by atoms with E-state index in [0.29, 0.717) is 18.4 Å². The van der Waals surface area contributed by atoms with Crippen molar-refractivity contribution in [2.75, 3.05) is 0 Å². The number of allylic oxidation sites excluding steroid dienone is 5. The molecule has 1 heterocycles. The molecular formula is C13H15NO. The first-order valence-corrected chi connectivity index (χ1v) is 5.72. The van der Waals surface area contributed by atoms with Crippen LogP contribution in [-0.2, 0) is 4.79 Å². The van der Waals surface area contributed by atoms with Crippen molar-refractivity contribution in [3.63, 3.8) is 0 Å². The molecular weight excluding hydrogens is 186 g/mol. The smallest absolute Gasteiger partial charge is 0.220 e. The summed E-state index contributed by atoms with van der Waals surface area (Å²) >= 11 is 0. The van der Waals surface area contributed by atoms with Gasteiger partial charge in [-0.3, -0.25) is 4.79 Å². The molecule has 0 spiro atoms. The average Bonchev–Trinajstić information content (AvgIpc) is 2.28. The van der Waals surface area contributed by atoms with Crippen molar-refractivity contribution in [1.82, 2.24) is 5.32 Å². The molecule has 1 aliphatic heterocycles. The Hall–Kier alpha value is -1.31. The molecule has 2 unspecified atom stereocenters. The van der Waals surface area contributed by atoms with Crippen molar-refractivity contribution in [1.29, 1.82) is 0 Å². The highest BCUT2D eigenvalue weighted by molar-refractivity contribution is 5.78. The van der Waals surface area contributed by atoms with Gasteiger partial charge in [0.2, 0.25) is 5.91 Å². The van der Waals surface area contributed by atoms with Crippen LogP contribution in [0.25, 0.3) is 0 Å². The molecule has 2 heteroatoms. The number of fused-ring (bicyclic) bond motifs is 2. The minimum atomic E-state index is 0.220. The van der Waals surface area contributed by atoms with Gasteiger partial charge in [0.15, 0.2) is 0 Å². The largest absolute Gasteiger partial charge is 0.350 e. The normalized spacial score (nSPS) is 33.5. The molecule has 2 nitrogen and oxygen atoms in total. The molecule has 3 rings (SSSR count). The fourth-order valence-corrected chi connectivity index (χ4v) is 2.90. The monoisotopic (exact) mass is 201 g/mol. The minimum Gasteiger partial charge on any atom is -0.350 e. The zero-order chi connectivity index (χ0) is 10.3. The topological polar surface area (TPSA) is 29.1 Å². The first kappa shape index (κ1) is 8.96. The maximum atomic E-state index is 11.3. The predicted molar refractivity (Wildman–Crippen MR) is 59.2 cm³/mol. The molecule has 1 saturated heterocycles. The summed E-state index contributed by atoms with van der Waals surface area (Å²) in [5, 5.41) is 3.10. The Bertz CT molecular complexity index is 389. The van der Waals surface area contributed by atoms with Crippen LogP contribution in [0.3, 0.4) is 0 Å². The Labute approximate surface area is 89.7 Å². The molecule has 0 aromatic heterocycles. The first-order chi connectivity index (χ1) is 7.34. The Kier molecular flexibility index (Phi) is 2.01. The summed E-state index contributed by atoms with van der Waals surface area (Å²) in [5.74, 6) is 0.828. The second-order valence-electron chi connectivity index (χ2n) is 4.53. The molecule has 0 saturated carbocycles. The minimum absolute atomic E-state index is 0.220. The number of hydrogen-bond acceptors (Lipinski definition) is 1. The molecule has 2 aliphatic carbocycles. The molecule has 78 valence electrons. The Balaban J connectivity index is 1.98. The molecule has 0 radical (unpaired) electrons. The van der Waals surface area contributed by atoms with Crippen molar-refractivity contribution in [2.45, 2.75) is 31.7 Å². The molecule has 0 bridgehead atoms. The van der Waals surface area contributed by atoms with Gasteiger partial charge in [-0.1, -0.05) is 24.3 Å². The van der Waals surface area contributed by atoms with E-state index in [9.17, 15) is 4.79 Å². The third kappa shape index (κ3) is 1.44. The van der Waals surface area contributed by atoms with Gasteiger partial charge in [0.05, 0.1) is 6.04 Å². The van der Waals surface area contributed by atoms with Crippen molar-refractivity contribution in [3.05, 3.63) is 35.5 Å². The lowest BCUT2D eigenvalue weighted by atomic mass is 9.75. The van der Waals surface area contributed by atoms with Crippen LogP contribution in [0.15, 0.2) is 35.5 Å². The van der Waals surface area contributed by atoms with Crippen molar-refractivity contribution >= 4 is 5.91 Å². The van der Waals surface area contributed by atoms with Crippen LogP contribution in [0, 0.1) is 5.92 Å². The highest BCUT2D eigenvalue weighted by Crippen LogP contribution is 2.37. The Morgan fingerprint density at radius 2 is 2.13 bits per heavy atom. The molecule has 1 fully saturated rings. The number of carbonyl (C=O) groups is 1. The standard InChI is InChI=1S/C13H15NO/c15-13-8-6-11-10-4-2-1-3-9(10)5-7-12(11)14-13/h1-4,9,12H,5-8H2,(H,14,15). The van der Waals surface area contributed by atoms with E-state index in [1.54, 1.807) is 0 Å². The van der Waals surface area contributed by atoms with Crippen LogP contribution in [0.4, 0.5) is 0 Å². The van der Waals surface area contributed by atoms with Crippen molar-refractivity contribution in [2.24, 2.45) is 5.92 Å². The fourth-order valence-electron chi connectivity index (χ4n) is 2.90. The van der Waals surface area contributed by atoms with Crippen LogP contribution >= 0.6 is 0 Å². The number of hydrogen-bond donors (Lipinski definition) is 1. The summed E-state index contributed by atoms with van der Waals surface area (Å²) < 4.78 is 0. The van der Waals surface area contributed by atoms with Crippen LogP contribution in [-0.4, -0.2) is 11.9 Å². The summed E-state index contributed by atoms with van der Waals surface area (Å²) in [6.07, 6.45) is 12.7. The quantitative estimate of drug-likeness (QED) is 0.639. The van der Waals surface area contributed by atoms with E-state index in [-0.39, 0.29) is 5.91 Å². The Morgan fingerprint density at radius 1 is 1.20 bits per heavy atom. The first-order valence-electron chi connectivity index (χ1n) is 5.72. The van der Waals surface area contributed by atoms with E-state index in [1.807, 2.05) is 0 Å². The lowest BCUT2D eigenvalue weighted by Crippen LogP contribution is -2.43. The lowest BCUT2D eigenvalue weighted by Gasteiger charge is -2.36. The molecule has 0 aromatic rings. The van der Waals surface area contributed by atoms with Gasteiger partial charge in [0, 0.05) is 12.3 Å². The van der Waals surface area contributed by atoms with Crippen LogP contribution < -0.4 is 5.32 Å². The zero-order valence-corrected chi connectivity index (χ0v) is 8.70. The number of carbonyl (C=O) groups excluding carboxylic acids is 1. The van der Waals surface area contributed by atoms with Gasteiger partial charge in [-0.15, -0.1) is 0 Å². The molecule has 2 atom stereocenters. The third-order valence-corrected chi connectivity index (χ3v) is 3.64. The number of nitrogens with one attached hydrogen (secondary N) is 1. The van der Waals surface area contributed by atoms with Gasteiger partial charge < -0.3 is 5.32 Å². The van der Waals surface area contributed by atoms with Crippen LogP contribution in [0.1, 0.15) is 25.7 Å². The van der Waals surface area contributed by atoms with E-state index >= 15 is 0 Å². The van der Waals surface area contributed by atoms with Crippen LogP contribution in [0.2, 0.25) is 0 Å². The zero-order valence-electron chi connectivity index (χ0n) is 8.70. The molecule has 0 aromatic carbocycles. The maximum absolute atomic E-state index is 11.3. The second kappa shape index (κ2) is 3.37. The van der Waals surface area contributed by atoms with E-state index in [2.05, 4.69) is 29.6 Å². The molecule has 1 N–H and O–H groups in total. The van der Waals surface area contributed by atoms with Crippen molar-refractivity contribution < 1.29 is 4.79 Å². The lowest BCUT2D eigenvalue weighted by molar-refractivity contribution is -0.122. The van der Waals surface area contributed by atoms with E-state index in [1.165, 1.54) is 17.6 Å². The summed E-state index contributed by atoms with van der Waals surface area (Å²) in [5.41, 5.74) is 2.94. The van der Waals surface area contributed by atoms with Gasteiger partial charge in [0.25, 0.3) is 0 Å². The molecule has 3 aliphatic rings. The van der Waals surface area contributed by atoms with E-state index in [4.69, 9.17) is 0 Å². The van der Waals surface area contributed by atoms with E-state index in [0.717, 1.165) is 12.8 Å². The van der Waals surface area contributed by atoms with Gasteiger partial charge in [0.1, 0.15) is 0 Å². The summed E-state index contributed by atoms with van der Waals surface area (Å²) in [6.45, 7) is 0. The summed E-state index contributed by atoms with van der Waals surface area (Å²) in [7, 11) is 0. The number of piperidine rings is 1. The summed E-state index contributed by atoms with van der Waals surface area (Å²) in [6, 6.07) is 0.327. The maximum Gasteiger partial charge on any atom is 0.220 e. The molecule has 1 amide bonds. The number of rotatable bonds is 0.